The smallest absolute Gasteiger partial charge is 0.270 e. The lowest BCUT2D eigenvalue weighted by Crippen LogP contribution is -2.32. The molecule has 1 N–H and O–H groups in total. The van der Waals surface area contributed by atoms with Crippen molar-refractivity contribution in [1.82, 2.24) is 4.90 Å². The fourth-order valence-electron chi connectivity index (χ4n) is 3.72. The SMILES string of the molecule is Cc1cc(CN2CCSCC2)ccc1NC(=O)C(Oc1ccccc1)c1ccccc1. The first-order valence-electron chi connectivity index (χ1n) is 10.7. The molecule has 0 aliphatic carbocycles. The van der Waals surface area contributed by atoms with Crippen molar-refractivity contribution in [2.75, 3.05) is 29.9 Å². The van der Waals surface area contributed by atoms with Gasteiger partial charge in [-0.3, -0.25) is 9.69 Å². The van der Waals surface area contributed by atoms with Crippen molar-refractivity contribution in [2.24, 2.45) is 0 Å². The Morgan fingerprint density at radius 1 is 1.00 bits per heavy atom. The predicted octanol–water partition coefficient (Wildman–Crippen LogP) is 5.30. The Balaban J connectivity index is 1.48. The molecule has 0 saturated carbocycles. The van der Waals surface area contributed by atoms with Gasteiger partial charge in [-0.1, -0.05) is 60.7 Å². The maximum atomic E-state index is 13.2. The number of carbonyl (C=O) groups is 1. The summed E-state index contributed by atoms with van der Waals surface area (Å²) < 4.78 is 6.08. The third-order valence-electron chi connectivity index (χ3n) is 5.40. The Hall–Kier alpha value is -2.76. The van der Waals surface area contributed by atoms with E-state index in [-0.39, 0.29) is 5.91 Å². The predicted molar refractivity (Wildman–Crippen MR) is 129 cm³/mol. The average Bonchev–Trinajstić information content (AvgIpc) is 2.81. The molecule has 3 aromatic rings. The van der Waals surface area contributed by atoms with E-state index < -0.39 is 6.10 Å². The summed E-state index contributed by atoms with van der Waals surface area (Å²) in [5, 5.41) is 3.08. The second-order valence-electron chi connectivity index (χ2n) is 7.75. The number of ether oxygens (including phenoxy) is 1. The van der Waals surface area contributed by atoms with Gasteiger partial charge in [0.25, 0.3) is 5.91 Å². The molecule has 1 atom stereocenters. The van der Waals surface area contributed by atoms with Crippen LogP contribution in [0.1, 0.15) is 22.8 Å². The molecule has 3 aromatic carbocycles. The van der Waals surface area contributed by atoms with E-state index in [4.69, 9.17) is 4.74 Å². The highest BCUT2D eigenvalue weighted by molar-refractivity contribution is 7.99. The zero-order valence-corrected chi connectivity index (χ0v) is 18.6. The Morgan fingerprint density at radius 3 is 2.35 bits per heavy atom. The number of para-hydroxylation sites is 1. The maximum absolute atomic E-state index is 13.2. The number of thioether (sulfide) groups is 1. The first kappa shape index (κ1) is 21.5. The molecule has 0 radical (unpaired) electrons. The van der Waals surface area contributed by atoms with Gasteiger partial charge in [0.05, 0.1) is 0 Å². The van der Waals surface area contributed by atoms with Crippen LogP contribution in [0.2, 0.25) is 0 Å². The molecule has 4 rings (SSSR count). The topological polar surface area (TPSA) is 41.6 Å². The van der Waals surface area contributed by atoms with Crippen molar-refractivity contribution in [1.29, 1.82) is 0 Å². The quantitative estimate of drug-likeness (QED) is 0.550. The molecule has 1 amide bonds. The number of carbonyl (C=O) groups excluding carboxylic acids is 1. The zero-order valence-electron chi connectivity index (χ0n) is 17.8. The van der Waals surface area contributed by atoms with Crippen LogP contribution >= 0.6 is 11.8 Å². The molecule has 31 heavy (non-hydrogen) atoms. The highest BCUT2D eigenvalue weighted by Gasteiger charge is 2.23. The molecule has 0 bridgehead atoms. The lowest BCUT2D eigenvalue weighted by molar-refractivity contribution is -0.123. The van der Waals surface area contributed by atoms with E-state index in [1.807, 2.05) is 85.4 Å². The normalized spacial score (nSPS) is 15.3. The molecule has 0 spiro atoms. The third-order valence-corrected chi connectivity index (χ3v) is 6.34. The van der Waals surface area contributed by atoms with Gasteiger partial charge >= 0.3 is 0 Å². The molecule has 4 nitrogen and oxygen atoms in total. The van der Waals surface area contributed by atoms with Crippen molar-refractivity contribution in [2.45, 2.75) is 19.6 Å². The Bertz CT molecular complexity index is 989. The van der Waals surface area contributed by atoms with E-state index in [1.54, 1.807) is 0 Å². The first-order valence-corrected chi connectivity index (χ1v) is 11.8. The molecule has 1 saturated heterocycles. The summed E-state index contributed by atoms with van der Waals surface area (Å²) in [5.41, 5.74) is 3.98. The van der Waals surface area contributed by atoms with Crippen LogP contribution in [0.15, 0.2) is 78.9 Å². The summed E-state index contributed by atoms with van der Waals surface area (Å²) in [7, 11) is 0. The number of aryl methyl sites for hydroxylation is 1. The van der Waals surface area contributed by atoms with Gasteiger partial charge in [0.1, 0.15) is 5.75 Å². The fraction of sp³-hybridized carbons (Fsp3) is 0.269. The number of rotatable bonds is 7. The van der Waals surface area contributed by atoms with Crippen molar-refractivity contribution in [3.8, 4) is 5.75 Å². The Morgan fingerprint density at radius 2 is 1.68 bits per heavy atom. The molecular weight excluding hydrogens is 404 g/mol. The third kappa shape index (κ3) is 5.90. The number of benzene rings is 3. The number of nitrogens with one attached hydrogen (secondary N) is 1. The largest absolute Gasteiger partial charge is 0.476 e. The number of nitrogens with zero attached hydrogens (tertiary/aromatic N) is 1. The van der Waals surface area contributed by atoms with Crippen LogP contribution in [0.5, 0.6) is 5.75 Å². The molecule has 1 heterocycles. The van der Waals surface area contributed by atoms with Crippen molar-refractivity contribution < 1.29 is 9.53 Å². The summed E-state index contributed by atoms with van der Waals surface area (Å²) in [6.45, 7) is 5.27. The lowest BCUT2D eigenvalue weighted by Gasteiger charge is -2.26. The van der Waals surface area contributed by atoms with Gasteiger partial charge in [-0.2, -0.15) is 11.8 Å². The maximum Gasteiger partial charge on any atom is 0.270 e. The van der Waals surface area contributed by atoms with E-state index in [9.17, 15) is 4.79 Å². The highest BCUT2D eigenvalue weighted by atomic mass is 32.2. The van der Waals surface area contributed by atoms with Gasteiger partial charge < -0.3 is 10.1 Å². The van der Waals surface area contributed by atoms with E-state index in [2.05, 4.69) is 22.3 Å². The summed E-state index contributed by atoms with van der Waals surface area (Å²) in [5.74, 6) is 2.89. The van der Waals surface area contributed by atoms with Crippen LogP contribution in [0, 0.1) is 6.92 Å². The van der Waals surface area contributed by atoms with Gasteiger partial charge in [0.15, 0.2) is 0 Å². The van der Waals surface area contributed by atoms with Crippen LogP contribution in [0.25, 0.3) is 0 Å². The van der Waals surface area contributed by atoms with E-state index in [0.717, 1.165) is 36.4 Å². The van der Waals surface area contributed by atoms with Gasteiger partial charge in [-0.25, -0.2) is 0 Å². The first-order chi connectivity index (χ1) is 15.2. The number of hydrogen-bond acceptors (Lipinski definition) is 4. The van der Waals surface area contributed by atoms with Crippen LogP contribution in [0.4, 0.5) is 5.69 Å². The monoisotopic (exact) mass is 432 g/mol. The lowest BCUT2D eigenvalue weighted by atomic mass is 10.1. The highest BCUT2D eigenvalue weighted by Crippen LogP contribution is 2.25. The van der Waals surface area contributed by atoms with Crippen LogP contribution in [-0.2, 0) is 11.3 Å². The summed E-state index contributed by atoms with van der Waals surface area (Å²) in [4.78, 5) is 15.7. The number of anilines is 1. The fourth-order valence-corrected chi connectivity index (χ4v) is 4.69. The molecule has 1 aliphatic rings. The standard InChI is InChI=1S/C26H28N2O2S/c1-20-18-21(19-28-14-16-31-17-15-28)12-13-24(20)27-26(29)25(22-8-4-2-5-9-22)30-23-10-6-3-7-11-23/h2-13,18,25H,14-17,19H2,1H3,(H,27,29). The summed E-state index contributed by atoms with van der Waals surface area (Å²) in [6.07, 6.45) is -0.728. The summed E-state index contributed by atoms with van der Waals surface area (Å²) in [6, 6.07) is 25.4. The molecule has 1 unspecified atom stereocenters. The Labute approximate surface area is 188 Å². The summed E-state index contributed by atoms with van der Waals surface area (Å²) >= 11 is 2.02. The van der Waals surface area contributed by atoms with Crippen LogP contribution in [0.3, 0.4) is 0 Å². The van der Waals surface area contributed by atoms with Gasteiger partial charge in [-0.15, -0.1) is 0 Å². The second kappa shape index (κ2) is 10.5. The van der Waals surface area contributed by atoms with Gasteiger partial charge in [0, 0.05) is 42.4 Å². The molecule has 5 heteroatoms. The van der Waals surface area contributed by atoms with Crippen molar-refractivity contribution >= 4 is 23.4 Å². The molecule has 1 fully saturated rings. The minimum absolute atomic E-state index is 0.182. The van der Waals surface area contributed by atoms with Crippen molar-refractivity contribution in [3.63, 3.8) is 0 Å². The second-order valence-corrected chi connectivity index (χ2v) is 8.97. The van der Waals surface area contributed by atoms with E-state index in [0.29, 0.717) is 5.75 Å². The van der Waals surface area contributed by atoms with E-state index in [1.165, 1.54) is 17.1 Å². The Kier molecular flexibility index (Phi) is 7.28. The van der Waals surface area contributed by atoms with Crippen LogP contribution in [-0.4, -0.2) is 35.4 Å². The minimum Gasteiger partial charge on any atom is -0.476 e. The van der Waals surface area contributed by atoms with Gasteiger partial charge in [-0.05, 0) is 36.2 Å². The molecule has 160 valence electrons. The molecular formula is C26H28N2O2S. The van der Waals surface area contributed by atoms with E-state index >= 15 is 0 Å². The number of amides is 1. The minimum atomic E-state index is -0.728. The van der Waals surface area contributed by atoms with Gasteiger partial charge in [0.2, 0.25) is 6.10 Å². The van der Waals surface area contributed by atoms with Crippen molar-refractivity contribution in [3.05, 3.63) is 95.6 Å². The molecule has 0 aromatic heterocycles. The average molecular weight is 433 g/mol. The zero-order chi connectivity index (χ0) is 21.5. The molecule has 1 aliphatic heterocycles. The van der Waals surface area contributed by atoms with Crippen LogP contribution < -0.4 is 10.1 Å². The number of hydrogen-bond donors (Lipinski definition) is 1.